The van der Waals surface area contributed by atoms with Crippen molar-refractivity contribution in [3.63, 3.8) is 0 Å². The zero-order valence-corrected chi connectivity index (χ0v) is 13.4. The molecule has 112 valence electrons. The zero-order chi connectivity index (χ0) is 14.6. The van der Waals surface area contributed by atoms with Crippen molar-refractivity contribution in [2.24, 2.45) is 11.1 Å². The van der Waals surface area contributed by atoms with Crippen LogP contribution in [-0.2, 0) is 4.84 Å². The predicted octanol–water partition coefficient (Wildman–Crippen LogP) is 3.95. The Kier molecular flexibility index (Phi) is 3.40. The van der Waals surface area contributed by atoms with E-state index >= 15 is 0 Å². The van der Waals surface area contributed by atoms with Crippen molar-refractivity contribution in [1.29, 1.82) is 0 Å². The summed E-state index contributed by atoms with van der Waals surface area (Å²) in [5.74, 6) is 0.936. The van der Waals surface area contributed by atoms with Gasteiger partial charge in [-0.15, -0.1) is 0 Å². The van der Waals surface area contributed by atoms with E-state index in [4.69, 9.17) is 28.0 Å². The third kappa shape index (κ3) is 2.09. The molecule has 3 aliphatic rings. The minimum atomic E-state index is 0.459. The molecule has 5 atom stereocenters. The largest absolute Gasteiger partial charge is 0.399 e. The molecule has 0 saturated carbocycles. The first kappa shape index (κ1) is 13.9. The third-order valence-electron chi connectivity index (χ3n) is 5.37. The molecule has 4 bridgehead atoms. The molecule has 3 heterocycles. The van der Waals surface area contributed by atoms with Gasteiger partial charge in [0.1, 0.15) is 7.11 Å². The fourth-order valence-electron chi connectivity index (χ4n) is 4.60. The van der Waals surface area contributed by atoms with E-state index < -0.39 is 0 Å². The van der Waals surface area contributed by atoms with Crippen LogP contribution in [0, 0.1) is 5.92 Å². The number of hydrogen-bond donors (Lipinski definition) is 0. The van der Waals surface area contributed by atoms with Crippen LogP contribution in [0.4, 0.5) is 0 Å². The van der Waals surface area contributed by atoms with E-state index in [0.717, 1.165) is 6.54 Å². The van der Waals surface area contributed by atoms with Gasteiger partial charge in [0.2, 0.25) is 0 Å². The monoisotopic (exact) mass is 324 g/mol. The van der Waals surface area contributed by atoms with Crippen LogP contribution in [0.2, 0.25) is 10.0 Å². The van der Waals surface area contributed by atoms with Crippen molar-refractivity contribution < 1.29 is 4.84 Å². The number of oxime groups is 1. The first-order chi connectivity index (χ1) is 10.2. The van der Waals surface area contributed by atoms with Crippen molar-refractivity contribution in [2.45, 2.75) is 37.3 Å². The lowest BCUT2D eigenvalue weighted by Gasteiger charge is -2.36. The SMILES string of the molecule is CO/N=C1/CN2C3CCC2C1C(c1ccc(Cl)c(Cl)c1)C3. The molecule has 1 aromatic carbocycles. The van der Waals surface area contributed by atoms with Gasteiger partial charge in [0.05, 0.1) is 15.8 Å². The first-order valence-electron chi connectivity index (χ1n) is 7.49. The van der Waals surface area contributed by atoms with Gasteiger partial charge in [-0.2, -0.15) is 0 Å². The molecule has 3 fully saturated rings. The van der Waals surface area contributed by atoms with Gasteiger partial charge in [-0.25, -0.2) is 0 Å². The highest BCUT2D eigenvalue weighted by atomic mass is 35.5. The molecular weight excluding hydrogens is 307 g/mol. The van der Waals surface area contributed by atoms with E-state index in [-0.39, 0.29) is 0 Å². The Bertz CT molecular complexity index is 604. The average Bonchev–Trinajstić information content (AvgIpc) is 2.88. The summed E-state index contributed by atoms with van der Waals surface area (Å²) in [6, 6.07) is 7.37. The van der Waals surface area contributed by atoms with Crippen molar-refractivity contribution in [3.8, 4) is 0 Å². The van der Waals surface area contributed by atoms with Crippen LogP contribution in [0.15, 0.2) is 23.4 Å². The fraction of sp³-hybridized carbons (Fsp3) is 0.562. The van der Waals surface area contributed by atoms with Gasteiger partial charge >= 0.3 is 0 Å². The number of halogens is 2. The molecule has 0 amide bonds. The maximum atomic E-state index is 6.22. The normalized spacial score (nSPS) is 39.0. The third-order valence-corrected chi connectivity index (χ3v) is 6.11. The zero-order valence-electron chi connectivity index (χ0n) is 11.9. The Balaban J connectivity index is 1.74. The number of piperidine rings is 1. The van der Waals surface area contributed by atoms with Gasteiger partial charge in [0.25, 0.3) is 0 Å². The summed E-state index contributed by atoms with van der Waals surface area (Å²) in [6.45, 7) is 0.964. The Morgan fingerprint density at radius 2 is 2.10 bits per heavy atom. The Morgan fingerprint density at radius 1 is 1.24 bits per heavy atom. The molecule has 21 heavy (non-hydrogen) atoms. The maximum absolute atomic E-state index is 6.22. The van der Waals surface area contributed by atoms with Gasteiger partial charge < -0.3 is 4.84 Å². The lowest BCUT2D eigenvalue weighted by molar-refractivity contribution is 0.154. The van der Waals surface area contributed by atoms with E-state index in [0.29, 0.717) is 34.0 Å². The average molecular weight is 325 g/mol. The molecule has 5 heteroatoms. The number of benzene rings is 1. The summed E-state index contributed by atoms with van der Waals surface area (Å²) >= 11 is 12.3. The molecule has 0 aromatic heterocycles. The molecule has 3 aliphatic heterocycles. The van der Waals surface area contributed by atoms with Gasteiger partial charge in [0.15, 0.2) is 0 Å². The second-order valence-electron chi connectivity index (χ2n) is 6.28. The summed E-state index contributed by atoms with van der Waals surface area (Å²) < 4.78 is 0. The topological polar surface area (TPSA) is 24.8 Å². The lowest BCUT2D eigenvalue weighted by atomic mass is 9.77. The highest BCUT2D eigenvalue weighted by Gasteiger charge is 2.54. The van der Waals surface area contributed by atoms with E-state index in [1.807, 2.05) is 12.1 Å². The van der Waals surface area contributed by atoms with E-state index in [2.05, 4.69) is 16.1 Å². The van der Waals surface area contributed by atoms with E-state index in [1.54, 1.807) is 7.11 Å². The molecule has 0 aliphatic carbocycles. The quantitative estimate of drug-likeness (QED) is 0.769. The van der Waals surface area contributed by atoms with Crippen LogP contribution in [0.1, 0.15) is 30.7 Å². The summed E-state index contributed by atoms with van der Waals surface area (Å²) in [5.41, 5.74) is 2.48. The molecule has 1 aromatic rings. The van der Waals surface area contributed by atoms with Crippen LogP contribution in [0.3, 0.4) is 0 Å². The standard InChI is InChI=1S/C16H18Cl2N2O/c1-21-19-14-8-20-10-3-5-15(20)16(14)11(7-10)9-2-4-12(17)13(18)6-9/h2,4,6,10-11,15-16H,3,5,7-8H2,1H3/b19-14-. The van der Waals surface area contributed by atoms with E-state index in [1.165, 1.54) is 30.5 Å². The summed E-state index contributed by atoms with van der Waals surface area (Å²) in [5, 5.41) is 5.59. The van der Waals surface area contributed by atoms with Crippen molar-refractivity contribution in [2.75, 3.05) is 13.7 Å². The highest BCUT2D eigenvalue weighted by molar-refractivity contribution is 6.42. The first-order valence-corrected chi connectivity index (χ1v) is 8.25. The molecule has 0 radical (unpaired) electrons. The van der Waals surface area contributed by atoms with Gasteiger partial charge in [-0.1, -0.05) is 34.4 Å². The van der Waals surface area contributed by atoms with Crippen LogP contribution >= 0.6 is 23.2 Å². The molecule has 3 saturated heterocycles. The Hall–Kier alpha value is -0.770. The lowest BCUT2D eigenvalue weighted by Crippen LogP contribution is -2.40. The second kappa shape index (κ2) is 5.15. The minimum absolute atomic E-state index is 0.459. The number of nitrogens with zero attached hydrogens (tertiary/aromatic N) is 2. The maximum Gasteiger partial charge on any atom is 0.106 e. The van der Waals surface area contributed by atoms with Crippen LogP contribution < -0.4 is 0 Å². The molecule has 0 spiro atoms. The van der Waals surface area contributed by atoms with Crippen molar-refractivity contribution in [3.05, 3.63) is 33.8 Å². The van der Waals surface area contributed by atoms with E-state index in [9.17, 15) is 0 Å². The molecule has 0 N–H and O–H groups in total. The summed E-state index contributed by atoms with van der Waals surface area (Å²) in [4.78, 5) is 7.70. The fourth-order valence-corrected chi connectivity index (χ4v) is 4.91. The van der Waals surface area contributed by atoms with Gasteiger partial charge in [0, 0.05) is 24.5 Å². The van der Waals surface area contributed by atoms with Crippen LogP contribution in [0.25, 0.3) is 0 Å². The predicted molar refractivity (Wildman–Crippen MR) is 85.3 cm³/mol. The van der Waals surface area contributed by atoms with Crippen LogP contribution in [-0.4, -0.2) is 36.3 Å². The van der Waals surface area contributed by atoms with Crippen LogP contribution in [0.5, 0.6) is 0 Å². The Morgan fingerprint density at radius 3 is 2.86 bits per heavy atom. The number of hydrogen-bond acceptors (Lipinski definition) is 3. The summed E-state index contributed by atoms with van der Waals surface area (Å²) in [6.07, 6.45) is 3.76. The second-order valence-corrected chi connectivity index (χ2v) is 7.09. The highest BCUT2D eigenvalue weighted by Crippen LogP contribution is 2.51. The van der Waals surface area contributed by atoms with Gasteiger partial charge in [-0.05, 0) is 42.9 Å². The Labute approximate surface area is 134 Å². The van der Waals surface area contributed by atoms with Crippen molar-refractivity contribution in [1.82, 2.24) is 4.90 Å². The molecule has 5 unspecified atom stereocenters. The molecule has 3 nitrogen and oxygen atoms in total. The smallest absolute Gasteiger partial charge is 0.106 e. The summed E-state index contributed by atoms with van der Waals surface area (Å²) in [7, 11) is 1.64. The number of rotatable bonds is 2. The molecular formula is C16H18Cl2N2O. The minimum Gasteiger partial charge on any atom is -0.399 e. The van der Waals surface area contributed by atoms with Crippen molar-refractivity contribution >= 4 is 28.9 Å². The molecule has 4 rings (SSSR count). The van der Waals surface area contributed by atoms with Gasteiger partial charge in [-0.3, -0.25) is 4.90 Å².